The average molecular weight is 527 g/mol. The van der Waals surface area contributed by atoms with Crippen molar-refractivity contribution in [3.05, 3.63) is 47.7 Å². The summed E-state index contributed by atoms with van der Waals surface area (Å²) >= 11 is 0. The Morgan fingerprint density at radius 2 is 1.69 bits per heavy atom. The van der Waals surface area contributed by atoms with Crippen LogP contribution in [0.5, 0.6) is 0 Å². The van der Waals surface area contributed by atoms with Crippen molar-refractivity contribution in [2.75, 3.05) is 22.7 Å². The number of rotatable bonds is 9. The molecule has 0 saturated heterocycles. The lowest BCUT2D eigenvalue weighted by Crippen LogP contribution is -2.27. The summed E-state index contributed by atoms with van der Waals surface area (Å²) in [5, 5.41) is 16.6. The number of carboxylic acid groups (broad SMARTS) is 2. The zero-order valence-electron chi connectivity index (χ0n) is 18.4. The fourth-order valence-electron chi connectivity index (χ4n) is 2.54. The number of hydrogen-bond donors (Lipinski definition) is 3. The fourth-order valence-corrected chi connectivity index (χ4v) is 3.59. The maximum atomic E-state index is 13.3. The smallest absolute Gasteiger partial charge is 0.478 e. The number of carbonyl (C=O) groups is 2. The number of benzene rings is 1. The number of pyridine rings is 1. The number of sulfonamides is 1. The standard InChI is InChI=1S/C18H21F2N3O4S.C2HF3O2/c1-3-5-8-23(4-2)17-14(18(24)25)9-12(11-21-17)22-28(26,27)13-6-7-15(19)16(20)10-13;3-2(4,5)1(6)7/h6-7,9-11,22H,3-5,8H2,1-2H3,(H,24,25);(H,6,7). The van der Waals surface area contributed by atoms with E-state index in [1.54, 1.807) is 4.90 Å². The van der Waals surface area contributed by atoms with E-state index in [1.807, 2.05) is 13.8 Å². The lowest BCUT2D eigenvalue weighted by molar-refractivity contribution is -0.192. The molecule has 0 aliphatic carbocycles. The molecule has 0 radical (unpaired) electrons. The van der Waals surface area contributed by atoms with Crippen molar-refractivity contribution >= 4 is 33.5 Å². The molecule has 0 saturated carbocycles. The van der Waals surface area contributed by atoms with Crippen LogP contribution in [-0.2, 0) is 14.8 Å². The van der Waals surface area contributed by atoms with Gasteiger partial charge in [0.05, 0.1) is 16.8 Å². The number of aromatic nitrogens is 1. The van der Waals surface area contributed by atoms with E-state index in [1.165, 1.54) is 6.20 Å². The first-order chi connectivity index (χ1) is 16.1. The van der Waals surface area contributed by atoms with E-state index in [2.05, 4.69) is 9.71 Å². The third kappa shape index (κ3) is 8.66. The van der Waals surface area contributed by atoms with Gasteiger partial charge in [0.2, 0.25) is 0 Å². The molecule has 0 aliphatic rings. The van der Waals surface area contributed by atoms with Gasteiger partial charge < -0.3 is 15.1 Å². The van der Waals surface area contributed by atoms with Gasteiger partial charge in [-0.25, -0.2) is 31.8 Å². The number of aliphatic carboxylic acids is 1. The first-order valence-corrected chi connectivity index (χ1v) is 11.4. The van der Waals surface area contributed by atoms with Crippen molar-refractivity contribution in [3.8, 4) is 0 Å². The Morgan fingerprint density at radius 3 is 2.14 bits per heavy atom. The molecule has 0 aliphatic heterocycles. The van der Waals surface area contributed by atoms with Gasteiger partial charge in [-0.1, -0.05) is 13.3 Å². The average Bonchev–Trinajstić information content (AvgIpc) is 2.76. The molecular formula is C20H22F5N3O6S. The summed E-state index contributed by atoms with van der Waals surface area (Å²) in [5.41, 5.74) is -0.263. The van der Waals surface area contributed by atoms with Crippen molar-refractivity contribution in [1.29, 1.82) is 0 Å². The van der Waals surface area contributed by atoms with Gasteiger partial charge in [0.15, 0.2) is 11.6 Å². The predicted molar refractivity (Wildman–Crippen MR) is 115 cm³/mol. The number of unbranched alkanes of at least 4 members (excludes halogenated alkanes) is 1. The molecule has 0 atom stereocenters. The Morgan fingerprint density at radius 1 is 1.09 bits per heavy atom. The first-order valence-electron chi connectivity index (χ1n) is 9.90. The monoisotopic (exact) mass is 527 g/mol. The second kappa shape index (κ2) is 12.3. The fraction of sp³-hybridized carbons (Fsp3) is 0.350. The summed E-state index contributed by atoms with van der Waals surface area (Å²) < 4.78 is 85.0. The molecule has 0 spiro atoms. The van der Waals surface area contributed by atoms with Crippen LogP contribution in [0.4, 0.5) is 33.5 Å². The van der Waals surface area contributed by atoms with Crippen LogP contribution in [-0.4, -0.2) is 54.8 Å². The van der Waals surface area contributed by atoms with E-state index in [9.17, 15) is 40.3 Å². The maximum Gasteiger partial charge on any atom is 0.490 e. The van der Waals surface area contributed by atoms with Crippen molar-refractivity contribution < 1.29 is 50.2 Å². The summed E-state index contributed by atoms with van der Waals surface area (Å²) in [6, 6.07) is 3.29. The van der Waals surface area contributed by atoms with Crippen LogP contribution in [0.3, 0.4) is 0 Å². The van der Waals surface area contributed by atoms with E-state index >= 15 is 0 Å². The van der Waals surface area contributed by atoms with Crippen molar-refractivity contribution in [3.63, 3.8) is 0 Å². The van der Waals surface area contributed by atoms with E-state index in [-0.39, 0.29) is 17.1 Å². The zero-order chi connectivity index (χ0) is 27.0. The topological polar surface area (TPSA) is 137 Å². The number of nitrogens with one attached hydrogen (secondary N) is 1. The second-order valence-corrected chi connectivity index (χ2v) is 8.50. The van der Waals surface area contributed by atoms with Gasteiger partial charge in [0.25, 0.3) is 10.0 Å². The molecule has 1 aromatic heterocycles. The second-order valence-electron chi connectivity index (χ2n) is 6.82. The molecule has 2 rings (SSSR count). The quantitative estimate of drug-likeness (QED) is 0.415. The van der Waals surface area contributed by atoms with Gasteiger partial charge in [-0.05, 0) is 37.6 Å². The third-order valence-corrected chi connectivity index (χ3v) is 5.63. The molecule has 1 aromatic carbocycles. The van der Waals surface area contributed by atoms with Crippen molar-refractivity contribution in [2.24, 2.45) is 0 Å². The highest BCUT2D eigenvalue weighted by molar-refractivity contribution is 7.92. The number of nitrogens with zero attached hydrogens (tertiary/aromatic N) is 2. The Kier molecular flexibility index (Phi) is 10.4. The van der Waals surface area contributed by atoms with E-state index in [0.717, 1.165) is 25.0 Å². The van der Waals surface area contributed by atoms with Gasteiger partial charge in [-0.3, -0.25) is 4.72 Å². The molecule has 0 fully saturated rings. The summed E-state index contributed by atoms with van der Waals surface area (Å²) in [7, 11) is -4.25. The van der Waals surface area contributed by atoms with Crippen LogP contribution in [0, 0.1) is 11.6 Å². The normalized spacial score (nSPS) is 11.3. The Hall–Kier alpha value is -3.49. The van der Waals surface area contributed by atoms with E-state index < -0.39 is 44.7 Å². The zero-order valence-corrected chi connectivity index (χ0v) is 19.3. The highest BCUT2D eigenvalue weighted by atomic mass is 32.2. The summed E-state index contributed by atoms with van der Waals surface area (Å²) in [5.74, 6) is -6.26. The van der Waals surface area contributed by atoms with E-state index in [4.69, 9.17) is 9.90 Å². The van der Waals surface area contributed by atoms with Crippen molar-refractivity contribution in [1.82, 2.24) is 4.98 Å². The number of hydrogen-bond acceptors (Lipinski definition) is 6. The number of halogens is 5. The predicted octanol–water partition coefficient (Wildman–Crippen LogP) is 4.12. The maximum absolute atomic E-state index is 13.3. The third-order valence-electron chi connectivity index (χ3n) is 4.26. The van der Waals surface area contributed by atoms with Crippen LogP contribution in [0.25, 0.3) is 0 Å². The van der Waals surface area contributed by atoms with Gasteiger partial charge in [-0.2, -0.15) is 13.2 Å². The lowest BCUT2D eigenvalue weighted by Gasteiger charge is -2.23. The highest BCUT2D eigenvalue weighted by Gasteiger charge is 2.38. The Bertz CT molecular complexity index is 1160. The highest BCUT2D eigenvalue weighted by Crippen LogP contribution is 2.24. The molecule has 9 nitrogen and oxygen atoms in total. The molecule has 0 bridgehead atoms. The molecule has 35 heavy (non-hydrogen) atoms. The minimum atomic E-state index is -5.08. The van der Waals surface area contributed by atoms with Gasteiger partial charge in [0, 0.05) is 13.1 Å². The number of carboxylic acids is 2. The van der Waals surface area contributed by atoms with Crippen LogP contribution >= 0.6 is 0 Å². The summed E-state index contributed by atoms with van der Waals surface area (Å²) in [6.45, 7) is 5.02. The van der Waals surface area contributed by atoms with Crippen LogP contribution in [0.1, 0.15) is 37.0 Å². The molecule has 15 heteroatoms. The van der Waals surface area contributed by atoms with Crippen molar-refractivity contribution in [2.45, 2.75) is 37.8 Å². The summed E-state index contributed by atoms with van der Waals surface area (Å²) in [6.07, 6.45) is -2.13. The molecule has 0 amide bonds. The van der Waals surface area contributed by atoms with Crippen LogP contribution in [0.2, 0.25) is 0 Å². The molecule has 2 aromatic rings. The number of alkyl halides is 3. The SMILES string of the molecule is CCCCN(CC)c1ncc(NS(=O)(=O)c2ccc(F)c(F)c2)cc1C(=O)O.O=C(O)C(F)(F)F. The lowest BCUT2D eigenvalue weighted by atomic mass is 10.2. The van der Waals surface area contributed by atoms with Gasteiger partial charge >= 0.3 is 18.1 Å². The molecule has 0 unspecified atom stereocenters. The molecular weight excluding hydrogens is 505 g/mol. The summed E-state index contributed by atoms with van der Waals surface area (Å²) in [4.78, 5) is 26.0. The minimum Gasteiger partial charge on any atom is -0.478 e. The van der Waals surface area contributed by atoms with Gasteiger partial charge in [-0.15, -0.1) is 0 Å². The number of aromatic carboxylic acids is 1. The molecule has 3 N–H and O–H groups in total. The largest absolute Gasteiger partial charge is 0.490 e. The first kappa shape index (κ1) is 29.5. The Balaban J connectivity index is 0.000000762. The van der Waals surface area contributed by atoms with Crippen LogP contribution < -0.4 is 9.62 Å². The molecule has 194 valence electrons. The molecule has 1 heterocycles. The Labute approximate surface area is 197 Å². The number of anilines is 2. The van der Waals surface area contributed by atoms with E-state index in [0.29, 0.717) is 25.2 Å². The van der Waals surface area contributed by atoms with Gasteiger partial charge in [0.1, 0.15) is 11.4 Å². The minimum absolute atomic E-state index is 0.0996. The van der Waals surface area contributed by atoms with Crippen LogP contribution in [0.15, 0.2) is 35.4 Å².